The van der Waals surface area contributed by atoms with Crippen molar-refractivity contribution in [3.05, 3.63) is 24.3 Å². The maximum atomic E-state index is 12.4. The maximum Gasteiger partial charge on any atom is 0.305 e. The fourth-order valence-electron chi connectivity index (χ4n) is 10.6. The Kier molecular flexibility index (Phi) is 62.4. The molecule has 6 nitrogen and oxygen atoms in total. The Morgan fingerprint density at radius 2 is 0.635 bits per heavy atom. The molecule has 0 spiro atoms. The number of nitrogens with one attached hydrogen (secondary N) is 1. The third-order valence-corrected chi connectivity index (χ3v) is 15.7. The minimum Gasteiger partial charge on any atom is -0.466 e. The first-order valence-corrected chi connectivity index (χ1v) is 33.6. The van der Waals surface area contributed by atoms with E-state index in [0.717, 1.165) is 44.9 Å². The summed E-state index contributed by atoms with van der Waals surface area (Å²) >= 11 is 0. The second-order valence-electron chi connectivity index (χ2n) is 23.2. The maximum absolute atomic E-state index is 12.4. The van der Waals surface area contributed by atoms with Crippen LogP contribution in [0.3, 0.4) is 0 Å². The molecule has 0 bridgehead atoms. The lowest BCUT2D eigenvalue weighted by molar-refractivity contribution is -0.143. The number of hydrogen-bond acceptors (Lipinski definition) is 5. The number of allylic oxidation sites excluding steroid dienone is 3. The van der Waals surface area contributed by atoms with Crippen LogP contribution in [0.25, 0.3) is 0 Å². The number of ether oxygens (including phenoxy) is 1. The Morgan fingerprint density at radius 1 is 0.365 bits per heavy atom. The third-order valence-electron chi connectivity index (χ3n) is 15.7. The fraction of sp³-hybridized carbons (Fsp3) is 0.912. The van der Waals surface area contributed by atoms with Gasteiger partial charge in [0.15, 0.2) is 0 Å². The Morgan fingerprint density at radius 3 is 0.959 bits per heavy atom. The van der Waals surface area contributed by atoms with Crippen LogP contribution < -0.4 is 5.32 Å². The van der Waals surface area contributed by atoms with Crippen molar-refractivity contribution in [2.45, 2.75) is 386 Å². The molecular weight excluding hydrogens is 911 g/mol. The molecule has 0 radical (unpaired) electrons. The van der Waals surface area contributed by atoms with E-state index in [1.807, 2.05) is 6.08 Å². The van der Waals surface area contributed by atoms with Crippen molar-refractivity contribution in [2.75, 3.05) is 13.2 Å². The van der Waals surface area contributed by atoms with Gasteiger partial charge in [0.05, 0.1) is 25.4 Å². The number of hydrogen-bond donors (Lipinski definition) is 3. The quantitative estimate of drug-likeness (QED) is 0.0320. The van der Waals surface area contributed by atoms with E-state index in [4.69, 9.17) is 4.74 Å². The summed E-state index contributed by atoms with van der Waals surface area (Å²) < 4.78 is 5.50. The molecule has 3 N–H and O–H groups in total. The smallest absolute Gasteiger partial charge is 0.305 e. The van der Waals surface area contributed by atoms with Crippen LogP contribution in [0.1, 0.15) is 373 Å². The largest absolute Gasteiger partial charge is 0.466 e. The summed E-state index contributed by atoms with van der Waals surface area (Å²) in [6, 6.07) is -0.623. The molecule has 0 saturated carbocycles. The molecule has 0 heterocycles. The number of aliphatic hydroxyl groups is 2. The molecule has 0 rings (SSSR count). The predicted molar refractivity (Wildman–Crippen MR) is 324 cm³/mol. The Labute approximate surface area is 462 Å². The highest BCUT2D eigenvalue weighted by Gasteiger charge is 2.18. The van der Waals surface area contributed by atoms with Crippen LogP contribution in [0.15, 0.2) is 24.3 Å². The molecule has 0 saturated heterocycles. The summed E-state index contributed by atoms with van der Waals surface area (Å²) in [5.74, 6) is -0.0481. The topological polar surface area (TPSA) is 95.9 Å². The van der Waals surface area contributed by atoms with Gasteiger partial charge in [-0.05, 0) is 57.8 Å². The fourth-order valence-corrected chi connectivity index (χ4v) is 10.6. The zero-order valence-electron chi connectivity index (χ0n) is 50.1. The van der Waals surface area contributed by atoms with Crippen LogP contribution >= 0.6 is 0 Å². The van der Waals surface area contributed by atoms with E-state index in [0.29, 0.717) is 19.4 Å². The highest BCUT2D eigenvalue weighted by molar-refractivity contribution is 5.76. The van der Waals surface area contributed by atoms with E-state index in [2.05, 4.69) is 31.3 Å². The minimum absolute atomic E-state index is 0.0162. The monoisotopic (exact) mass is 1040 g/mol. The second-order valence-corrected chi connectivity index (χ2v) is 23.2. The van der Waals surface area contributed by atoms with Gasteiger partial charge >= 0.3 is 5.97 Å². The molecule has 6 heteroatoms. The lowest BCUT2D eigenvalue weighted by Gasteiger charge is -2.20. The van der Waals surface area contributed by atoms with Gasteiger partial charge in [0.25, 0.3) is 0 Å². The first kappa shape index (κ1) is 72.3. The van der Waals surface area contributed by atoms with Gasteiger partial charge in [-0.1, -0.05) is 327 Å². The number of carbonyl (C=O) groups is 2. The molecule has 0 aromatic heterocycles. The SMILES string of the molecule is CCCCCCCC/C=C\CCCCCCCCCC(=O)OCCCCCCCCCCCCCCCCCCCCCCCCCCCCCCCC(=O)NC(CO)C(O)/C=C/CCCCCCCCCCC. The van der Waals surface area contributed by atoms with E-state index in [1.54, 1.807) is 6.08 Å². The molecule has 2 unspecified atom stereocenters. The van der Waals surface area contributed by atoms with Crippen molar-refractivity contribution in [1.82, 2.24) is 5.32 Å². The van der Waals surface area contributed by atoms with Crippen molar-refractivity contribution < 1.29 is 24.5 Å². The molecule has 0 aliphatic heterocycles. The number of unbranched alkanes of at least 4 members (excludes halogenated alkanes) is 50. The Bertz CT molecular complexity index is 1150. The molecule has 74 heavy (non-hydrogen) atoms. The molecule has 0 aliphatic carbocycles. The first-order valence-electron chi connectivity index (χ1n) is 33.6. The van der Waals surface area contributed by atoms with Crippen molar-refractivity contribution in [3.8, 4) is 0 Å². The van der Waals surface area contributed by atoms with Crippen LogP contribution in [0.2, 0.25) is 0 Å². The van der Waals surface area contributed by atoms with E-state index in [9.17, 15) is 19.8 Å². The summed E-state index contributed by atoms with van der Waals surface area (Å²) in [6.45, 7) is 4.91. The molecule has 438 valence electrons. The molecule has 0 fully saturated rings. The van der Waals surface area contributed by atoms with Gasteiger partial charge in [0.1, 0.15) is 0 Å². The van der Waals surface area contributed by atoms with E-state index in [-0.39, 0.29) is 18.5 Å². The molecule has 0 aliphatic rings. The minimum atomic E-state index is -0.840. The van der Waals surface area contributed by atoms with Gasteiger partial charge in [-0.15, -0.1) is 0 Å². The zero-order valence-corrected chi connectivity index (χ0v) is 50.1. The highest BCUT2D eigenvalue weighted by atomic mass is 16.5. The lowest BCUT2D eigenvalue weighted by atomic mass is 10.0. The number of aliphatic hydroxyl groups excluding tert-OH is 2. The zero-order chi connectivity index (χ0) is 53.6. The first-order chi connectivity index (χ1) is 36.5. The summed E-state index contributed by atoms with van der Waals surface area (Å²) in [5, 5.41) is 23.0. The second kappa shape index (κ2) is 63.9. The van der Waals surface area contributed by atoms with Gasteiger partial charge in [-0.25, -0.2) is 0 Å². The number of rotatable bonds is 63. The summed E-state index contributed by atoms with van der Waals surface area (Å²) in [6.07, 6.45) is 79.7. The highest BCUT2D eigenvalue weighted by Crippen LogP contribution is 2.18. The molecule has 1 amide bonds. The van der Waals surface area contributed by atoms with Crippen LogP contribution in [0.4, 0.5) is 0 Å². The average molecular weight is 1040 g/mol. The van der Waals surface area contributed by atoms with Crippen molar-refractivity contribution >= 4 is 11.9 Å². The van der Waals surface area contributed by atoms with Crippen LogP contribution in [-0.4, -0.2) is 47.4 Å². The van der Waals surface area contributed by atoms with E-state index >= 15 is 0 Å². The molecule has 0 aromatic carbocycles. The average Bonchev–Trinajstić information content (AvgIpc) is 3.40. The predicted octanol–water partition coefficient (Wildman–Crippen LogP) is 21.4. The molecular formula is C68H131NO5. The summed E-state index contributed by atoms with van der Waals surface area (Å²) in [5.41, 5.74) is 0. The molecule has 2 atom stereocenters. The summed E-state index contributed by atoms with van der Waals surface area (Å²) in [7, 11) is 0. The van der Waals surface area contributed by atoms with Crippen molar-refractivity contribution in [3.63, 3.8) is 0 Å². The standard InChI is InChI=1S/C68H131NO5/c1-3-5-7-9-11-13-15-16-17-31-35-38-42-46-50-54-58-62-68(73)74-63-59-55-51-47-43-39-36-33-30-28-26-24-22-20-18-19-21-23-25-27-29-32-34-37-41-45-49-53-57-61-67(72)69-65(64-70)66(71)60-56-52-48-44-40-14-12-10-8-6-4-2/h16-17,56,60,65-66,70-71H,3-15,18-55,57-59,61-64H2,1-2H3,(H,69,72)/b17-16-,60-56+. The summed E-state index contributed by atoms with van der Waals surface area (Å²) in [4.78, 5) is 24.5. The van der Waals surface area contributed by atoms with E-state index < -0.39 is 12.1 Å². The number of carbonyl (C=O) groups excluding carboxylic acids is 2. The van der Waals surface area contributed by atoms with Gasteiger partial charge in [0.2, 0.25) is 5.91 Å². The van der Waals surface area contributed by atoms with Crippen molar-refractivity contribution in [1.29, 1.82) is 0 Å². The number of esters is 1. The van der Waals surface area contributed by atoms with Gasteiger partial charge < -0.3 is 20.3 Å². The van der Waals surface area contributed by atoms with Crippen LogP contribution in [0, 0.1) is 0 Å². The van der Waals surface area contributed by atoms with E-state index in [1.165, 1.54) is 302 Å². The van der Waals surface area contributed by atoms with Gasteiger partial charge in [-0.2, -0.15) is 0 Å². The number of amides is 1. The normalized spacial score (nSPS) is 12.6. The lowest BCUT2D eigenvalue weighted by Crippen LogP contribution is -2.45. The third kappa shape index (κ3) is 59.6. The Balaban J connectivity index is 3.32. The Hall–Kier alpha value is -1.66. The van der Waals surface area contributed by atoms with Crippen molar-refractivity contribution in [2.24, 2.45) is 0 Å². The molecule has 0 aromatic rings. The van der Waals surface area contributed by atoms with Gasteiger partial charge in [0, 0.05) is 12.8 Å². The van der Waals surface area contributed by atoms with Crippen LogP contribution in [-0.2, 0) is 14.3 Å². The van der Waals surface area contributed by atoms with Crippen LogP contribution in [0.5, 0.6) is 0 Å². The van der Waals surface area contributed by atoms with Gasteiger partial charge in [-0.3, -0.25) is 9.59 Å².